The first kappa shape index (κ1) is 18.0. The first-order valence-electron chi connectivity index (χ1n) is 7.28. The SMILES string of the molecule is COc1ccc(Br)cc1COc1cc(C(C)=O)ccc1NC(C)=O. The third kappa shape index (κ3) is 4.58. The summed E-state index contributed by atoms with van der Waals surface area (Å²) < 4.78 is 12.1. The van der Waals surface area contributed by atoms with Crippen molar-refractivity contribution < 1.29 is 19.1 Å². The molecule has 2 aromatic rings. The van der Waals surface area contributed by atoms with Crippen molar-refractivity contribution in [1.82, 2.24) is 0 Å². The molecule has 0 radical (unpaired) electrons. The van der Waals surface area contributed by atoms with Crippen LogP contribution in [0.5, 0.6) is 11.5 Å². The Bertz CT molecular complexity index is 774. The number of hydrogen-bond acceptors (Lipinski definition) is 4. The lowest BCUT2D eigenvalue weighted by atomic mass is 10.1. The standard InChI is InChI=1S/C18H18BrNO4/c1-11(21)13-4-6-16(20-12(2)22)18(9-13)24-10-14-8-15(19)5-7-17(14)23-3/h4-9H,10H2,1-3H3,(H,20,22). The van der Waals surface area contributed by atoms with Crippen LogP contribution in [0.3, 0.4) is 0 Å². The number of rotatable bonds is 6. The van der Waals surface area contributed by atoms with Crippen molar-refractivity contribution >= 4 is 33.3 Å². The van der Waals surface area contributed by atoms with E-state index in [4.69, 9.17) is 9.47 Å². The predicted molar refractivity (Wildman–Crippen MR) is 95.8 cm³/mol. The maximum Gasteiger partial charge on any atom is 0.221 e. The van der Waals surface area contributed by atoms with Gasteiger partial charge in [-0.25, -0.2) is 0 Å². The summed E-state index contributed by atoms with van der Waals surface area (Å²) in [6.07, 6.45) is 0. The van der Waals surface area contributed by atoms with E-state index in [1.54, 1.807) is 25.3 Å². The van der Waals surface area contributed by atoms with Gasteiger partial charge < -0.3 is 14.8 Å². The van der Waals surface area contributed by atoms with Crippen molar-refractivity contribution in [3.8, 4) is 11.5 Å². The van der Waals surface area contributed by atoms with Crippen LogP contribution in [0.4, 0.5) is 5.69 Å². The number of nitrogens with one attached hydrogen (secondary N) is 1. The van der Waals surface area contributed by atoms with Crippen molar-refractivity contribution in [2.24, 2.45) is 0 Å². The summed E-state index contributed by atoms with van der Waals surface area (Å²) in [6, 6.07) is 10.5. The molecule has 0 fully saturated rings. The molecule has 0 heterocycles. The van der Waals surface area contributed by atoms with Gasteiger partial charge in [0.1, 0.15) is 18.1 Å². The molecule has 0 unspecified atom stereocenters. The van der Waals surface area contributed by atoms with Crippen LogP contribution in [-0.4, -0.2) is 18.8 Å². The van der Waals surface area contributed by atoms with Crippen LogP contribution in [0.1, 0.15) is 29.8 Å². The van der Waals surface area contributed by atoms with E-state index in [1.165, 1.54) is 13.8 Å². The molecule has 0 aliphatic rings. The Balaban J connectivity index is 2.30. The Kier molecular flexibility index (Phi) is 5.98. The number of hydrogen-bond donors (Lipinski definition) is 1. The van der Waals surface area contributed by atoms with E-state index in [0.717, 1.165) is 10.0 Å². The van der Waals surface area contributed by atoms with Gasteiger partial charge in [-0.2, -0.15) is 0 Å². The molecule has 0 saturated carbocycles. The second-order valence-corrected chi connectivity index (χ2v) is 6.11. The zero-order chi connectivity index (χ0) is 17.7. The van der Waals surface area contributed by atoms with E-state index in [-0.39, 0.29) is 18.3 Å². The molecule has 1 amide bonds. The van der Waals surface area contributed by atoms with Crippen LogP contribution in [0.15, 0.2) is 40.9 Å². The highest BCUT2D eigenvalue weighted by atomic mass is 79.9. The number of carbonyl (C=O) groups excluding carboxylic acids is 2. The number of ketones is 1. The number of ether oxygens (including phenoxy) is 2. The zero-order valence-corrected chi connectivity index (χ0v) is 15.3. The molecule has 0 spiro atoms. The lowest BCUT2D eigenvalue weighted by molar-refractivity contribution is -0.114. The Hall–Kier alpha value is -2.34. The number of benzene rings is 2. The van der Waals surface area contributed by atoms with Crippen LogP contribution >= 0.6 is 15.9 Å². The zero-order valence-electron chi connectivity index (χ0n) is 13.7. The average molecular weight is 392 g/mol. The third-order valence-corrected chi connectivity index (χ3v) is 3.82. The summed E-state index contributed by atoms with van der Waals surface area (Å²) in [7, 11) is 1.59. The Morgan fingerprint density at radius 1 is 1.08 bits per heavy atom. The molecule has 2 rings (SSSR count). The van der Waals surface area contributed by atoms with Gasteiger partial charge in [0.25, 0.3) is 0 Å². The fourth-order valence-corrected chi connectivity index (χ4v) is 2.58. The van der Waals surface area contributed by atoms with Crippen molar-refractivity contribution in [2.45, 2.75) is 20.5 Å². The third-order valence-electron chi connectivity index (χ3n) is 3.32. The summed E-state index contributed by atoms with van der Waals surface area (Å²) in [5.74, 6) is 0.839. The maximum atomic E-state index is 11.6. The number of amides is 1. The number of Topliss-reactive ketones (excluding diaryl/α,β-unsaturated/α-hetero) is 1. The molecule has 0 bridgehead atoms. The van der Waals surface area contributed by atoms with E-state index < -0.39 is 0 Å². The maximum absolute atomic E-state index is 11.6. The van der Waals surface area contributed by atoms with E-state index in [9.17, 15) is 9.59 Å². The van der Waals surface area contributed by atoms with Gasteiger partial charge in [0.05, 0.1) is 12.8 Å². The molecule has 0 aromatic heterocycles. The monoisotopic (exact) mass is 391 g/mol. The van der Waals surface area contributed by atoms with Gasteiger partial charge in [0.15, 0.2) is 5.78 Å². The highest BCUT2D eigenvalue weighted by Crippen LogP contribution is 2.29. The first-order chi connectivity index (χ1) is 11.4. The van der Waals surface area contributed by atoms with Gasteiger partial charge in [-0.05, 0) is 43.3 Å². The summed E-state index contributed by atoms with van der Waals surface area (Å²) in [6.45, 7) is 3.13. The van der Waals surface area contributed by atoms with Crippen LogP contribution in [0.25, 0.3) is 0 Å². The second-order valence-electron chi connectivity index (χ2n) is 5.19. The van der Waals surface area contributed by atoms with Crippen molar-refractivity contribution in [2.75, 3.05) is 12.4 Å². The summed E-state index contributed by atoms with van der Waals surface area (Å²) >= 11 is 3.42. The molecule has 0 saturated heterocycles. The molecule has 0 aliphatic heterocycles. The van der Waals surface area contributed by atoms with Crippen LogP contribution in [0.2, 0.25) is 0 Å². The fourth-order valence-electron chi connectivity index (χ4n) is 2.17. The smallest absolute Gasteiger partial charge is 0.221 e. The average Bonchev–Trinajstić information content (AvgIpc) is 2.53. The minimum atomic E-state index is -0.213. The summed E-state index contributed by atoms with van der Waals surface area (Å²) in [5, 5.41) is 2.70. The van der Waals surface area contributed by atoms with Crippen LogP contribution in [0, 0.1) is 0 Å². The van der Waals surface area contributed by atoms with E-state index in [0.29, 0.717) is 22.7 Å². The lowest BCUT2D eigenvalue weighted by Gasteiger charge is -2.14. The Morgan fingerprint density at radius 2 is 1.83 bits per heavy atom. The number of anilines is 1. The van der Waals surface area contributed by atoms with E-state index in [2.05, 4.69) is 21.2 Å². The first-order valence-corrected chi connectivity index (χ1v) is 8.08. The second kappa shape index (κ2) is 7.97. The van der Waals surface area contributed by atoms with Gasteiger partial charge in [-0.15, -0.1) is 0 Å². The van der Waals surface area contributed by atoms with Gasteiger partial charge in [-0.3, -0.25) is 9.59 Å². The largest absolute Gasteiger partial charge is 0.496 e. The van der Waals surface area contributed by atoms with Crippen LogP contribution < -0.4 is 14.8 Å². The molecule has 1 N–H and O–H groups in total. The Morgan fingerprint density at radius 3 is 2.46 bits per heavy atom. The Labute approximate surface area is 149 Å². The number of carbonyl (C=O) groups is 2. The summed E-state index contributed by atoms with van der Waals surface area (Å²) in [5.41, 5.74) is 1.87. The van der Waals surface area contributed by atoms with Crippen molar-refractivity contribution in [3.05, 3.63) is 52.0 Å². The van der Waals surface area contributed by atoms with Gasteiger partial charge in [0, 0.05) is 22.5 Å². The minimum Gasteiger partial charge on any atom is -0.496 e. The molecular weight excluding hydrogens is 374 g/mol. The molecule has 126 valence electrons. The molecule has 0 aliphatic carbocycles. The highest BCUT2D eigenvalue weighted by molar-refractivity contribution is 9.10. The minimum absolute atomic E-state index is 0.0748. The van der Waals surface area contributed by atoms with E-state index >= 15 is 0 Å². The number of methoxy groups -OCH3 is 1. The lowest BCUT2D eigenvalue weighted by Crippen LogP contribution is -2.09. The molecule has 5 nitrogen and oxygen atoms in total. The number of halogens is 1. The predicted octanol–water partition coefficient (Wildman–Crippen LogP) is 4.20. The molecule has 6 heteroatoms. The summed E-state index contributed by atoms with van der Waals surface area (Å²) in [4.78, 5) is 22.9. The molecule has 2 aromatic carbocycles. The fraction of sp³-hybridized carbons (Fsp3) is 0.222. The van der Waals surface area contributed by atoms with E-state index in [1.807, 2.05) is 18.2 Å². The van der Waals surface area contributed by atoms with Crippen molar-refractivity contribution in [3.63, 3.8) is 0 Å². The molecule has 24 heavy (non-hydrogen) atoms. The quantitative estimate of drug-likeness (QED) is 0.749. The normalized spacial score (nSPS) is 10.2. The topological polar surface area (TPSA) is 64.6 Å². The van der Waals surface area contributed by atoms with Gasteiger partial charge in [-0.1, -0.05) is 15.9 Å². The molecular formula is C18H18BrNO4. The highest BCUT2D eigenvalue weighted by Gasteiger charge is 2.11. The molecule has 0 atom stereocenters. The van der Waals surface area contributed by atoms with Crippen LogP contribution in [-0.2, 0) is 11.4 Å². The van der Waals surface area contributed by atoms with Gasteiger partial charge in [0.2, 0.25) is 5.91 Å². The van der Waals surface area contributed by atoms with Crippen molar-refractivity contribution in [1.29, 1.82) is 0 Å². The van der Waals surface area contributed by atoms with Gasteiger partial charge >= 0.3 is 0 Å².